The maximum absolute atomic E-state index is 14.7. The van der Waals surface area contributed by atoms with Crippen LogP contribution >= 0.6 is 0 Å². The molecule has 0 aliphatic heterocycles. The minimum absolute atomic E-state index is 0.237. The average Bonchev–Trinajstić information content (AvgIpc) is 3.24. The molecular formula is C27H33F2N3O2. The monoisotopic (exact) mass is 469 g/mol. The van der Waals surface area contributed by atoms with Crippen molar-refractivity contribution >= 4 is 5.97 Å². The number of unbranched alkanes of at least 4 members (excludes halogenated alkanes) is 4. The molecule has 0 atom stereocenters. The number of hydrogen-bond acceptors (Lipinski definition) is 3. The quantitative estimate of drug-likeness (QED) is 0.271. The molecule has 0 aliphatic carbocycles. The van der Waals surface area contributed by atoms with E-state index in [2.05, 4.69) is 17.0 Å². The predicted molar refractivity (Wildman–Crippen MR) is 129 cm³/mol. The van der Waals surface area contributed by atoms with Crippen molar-refractivity contribution in [3.63, 3.8) is 0 Å². The summed E-state index contributed by atoms with van der Waals surface area (Å²) in [5.41, 5.74) is 2.57. The smallest absolute Gasteiger partial charge is 0.336 e. The summed E-state index contributed by atoms with van der Waals surface area (Å²) < 4.78 is 31.0. The van der Waals surface area contributed by atoms with Crippen LogP contribution in [-0.4, -0.2) is 25.8 Å². The van der Waals surface area contributed by atoms with Crippen LogP contribution in [0.4, 0.5) is 8.78 Å². The van der Waals surface area contributed by atoms with E-state index in [-0.39, 0.29) is 12.0 Å². The topological polar surface area (TPSA) is 68.0 Å². The highest BCUT2D eigenvalue weighted by atomic mass is 19.3. The van der Waals surface area contributed by atoms with Crippen LogP contribution in [0.5, 0.6) is 0 Å². The van der Waals surface area contributed by atoms with Crippen molar-refractivity contribution in [2.75, 3.05) is 0 Å². The largest absolute Gasteiger partial charge is 0.478 e. The normalized spacial score (nSPS) is 11.6. The molecule has 182 valence electrons. The number of rotatable bonds is 13. The molecule has 0 radical (unpaired) electrons. The van der Waals surface area contributed by atoms with Gasteiger partial charge in [-0.05, 0) is 35.6 Å². The van der Waals surface area contributed by atoms with Gasteiger partial charge in [-0.15, -0.1) is 5.10 Å². The molecule has 0 spiro atoms. The second-order valence-electron chi connectivity index (χ2n) is 8.67. The molecule has 3 rings (SSSR count). The molecule has 34 heavy (non-hydrogen) atoms. The molecule has 1 N–H and O–H groups in total. The Morgan fingerprint density at radius 1 is 0.971 bits per heavy atom. The van der Waals surface area contributed by atoms with E-state index in [1.54, 1.807) is 28.9 Å². The van der Waals surface area contributed by atoms with E-state index in [1.807, 2.05) is 31.2 Å². The highest BCUT2D eigenvalue weighted by Crippen LogP contribution is 2.32. The number of benzene rings is 2. The van der Waals surface area contributed by atoms with Crippen molar-refractivity contribution in [1.29, 1.82) is 0 Å². The van der Waals surface area contributed by atoms with Crippen molar-refractivity contribution in [1.82, 2.24) is 14.8 Å². The number of halogens is 2. The Hall–Kier alpha value is -3.09. The van der Waals surface area contributed by atoms with Gasteiger partial charge in [-0.1, -0.05) is 82.0 Å². The molecule has 0 fully saturated rings. The van der Waals surface area contributed by atoms with Crippen molar-refractivity contribution in [3.05, 3.63) is 71.3 Å². The number of aryl methyl sites for hydroxylation is 1. The zero-order chi connectivity index (χ0) is 24.6. The van der Waals surface area contributed by atoms with E-state index in [0.717, 1.165) is 36.8 Å². The minimum Gasteiger partial charge on any atom is -0.478 e. The number of alkyl halides is 2. The highest BCUT2D eigenvalue weighted by Gasteiger charge is 2.36. The first-order chi connectivity index (χ1) is 16.4. The molecule has 0 bridgehead atoms. The van der Waals surface area contributed by atoms with Gasteiger partial charge in [0.25, 0.3) is 0 Å². The Bertz CT molecular complexity index is 1080. The Morgan fingerprint density at radius 3 is 2.35 bits per heavy atom. The summed E-state index contributed by atoms with van der Waals surface area (Å²) in [5.74, 6) is -3.88. The van der Waals surface area contributed by atoms with Gasteiger partial charge in [0.05, 0.1) is 5.56 Å². The molecule has 7 heteroatoms. The average molecular weight is 470 g/mol. The van der Waals surface area contributed by atoms with Crippen LogP contribution in [0.25, 0.3) is 11.1 Å². The van der Waals surface area contributed by atoms with Crippen molar-refractivity contribution in [3.8, 4) is 11.1 Å². The lowest BCUT2D eigenvalue weighted by molar-refractivity contribution is -0.0246. The predicted octanol–water partition coefficient (Wildman–Crippen LogP) is 7.10. The third kappa shape index (κ3) is 6.49. The van der Waals surface area contributed by atoms with Crippen LogP contribution < -0.4 is 0 Å². The molecule has 0 unspecified atom stereocenters. The van der Waals surface area contributed by atoms with Crippen LogP contribution in [-0.2, 0) is 18.9 Å². The zero-order valence-electron chi connectivity index (χ0n) is 19.9. The number of nitrogens with zero attached hydrogens (tertiary/aromatic N) is 3. The lowest BCUT2D eigenvalue weighted by atomic mass is 9.98. The van der Waals surface area contributed by atoms with E-state index >= 15 is 0 Å². The van der Waals surface area contributed by atoms with Crippen molar-refractivity contribution in [2.24, 2.45) is 0 Å². The van der Waals surface area contributed by atoms with Crippen LogP contribution in [0.1, 0.15) is 86.4 Å². The highest BCUT2D eigenvalue weighted by molar-refractivity contribution is 5.95. The third-order valence-electron chi connectivity index (χ3n) is 5.93. The number of aromatic carboxylic acids is 1. The number of hydrogen-bond donors (Lipinski definition) is 1. The third-order valence-corrected chi connectivity index (χ3v) is 5.93. The second-order valence-corrected chi connectivity index (χ2v) is 8.67. The number of carboxylic acids is 1. The van der Waals surface area contributed by atoms with Gasteiger partial charge in [0, 0.05) is 19.4 Å². The molecule has 0 aliphatic rings. The van der Waals surface area contributed by atoms with Gasteiger partial charge in [0.1, 0.15) is 5.82 Å². The first-order valence-corrected chi connectivity index (χ1v) is 12.1. The second kappa shape index (κ2) is 11.9. The lowest BCUT2D eigenvalue weighted by Gasteiger charge is -2.11. The fourth-order valence-electron chi connectivity index (χ4n) is 3.94. The van der Waals surface area contributed by atoms with Gasteiger partial charge >= 0.3 is 11.9 Å². The van der Waals surface area contributed by atoms with Gasteiger partial charge in [-0.2, -0.15) is 8.78 Å². The maximum atomic E-state index is 14.7. The SMILES string of the molecule is CCCCCCn1nc(C(F)(F)CCCC)nc1Cc1ccc(-c2ccccc2C(=O)O)cc1. The molecule has 3 aromatic rings. The molecule has 1 aromatic heterocycles. The summed E-state index contributed by atoms with van der Waals surface area (Å²) in [6.07, 6.45) is 5.34. The Morgan fingerprint density at radius 2 is 1.68 bits per heavy atom. The Balaban J connectivity index is 1.83. The van der Waals surface area contributed by atoms with Crippen LogP contribution in [0.2, 0.25) is 0 Å². The number of aromatic nitrogens is 3. The van der Waals surface area contributed by atoms with E-state index < -0.39 is 17.7 Å². The Kier molecular flexibility index (Phi) is 8.91. The molecule has 5 nitrogen and oxygen atoms in total. The molecule has 1 heterocycles. The van der Waals surface area contributed by atoms with E-state index in [9.17, 15) is 18.7 Å². The standard InChI is InChI=1S/C27H33F2N3O2/c1-3-5-7-10-18-32-24(30-26(31-32)27(28,29)17-6-4-2)19-20-13-15-21(16-14-20)22-11-8-9-12-23(22)25(33)34/h8-9,11-16H,3-7,10,17-19H2,1-2H3,(H,33,34). The summed E-state index contributed by atoms with van der Waals surface area (Å²) in [6, 6.07) is 14.3. The van der Waals surface area contributed by atoms with Gasteiger partial charge in [-0.3, -0.25) is 0 Å². The maximum Gasteiger partial charge on any atom is 0.336 e. The molecule has 2 aromatic carbocycles. The first kappa shape index (κ1) is 25.5. The molecule has 0 saturated heterocycles. The van der Waals surface area contributed by atoms with Gasteiger partial charge in [-0.25, -0.2) is 14.5 Å². The minimum atomic E-state index is -3.04. The summed E-state index contributed by atoms with van der Waals surface area (Å²) in [7, 11) is 0. The van der Waals surface area contributed by atoms with Gasteiger partial charge in [0.15, 0.2) is 0 Å². The first-order valence-electron chi connectivity index (χ1n) is 12.1. The van der Waals surface area contributed by atoms with E-state index in [4.69, 9.17) is 0 Å². The van der Waals surface area contributed by atoms with E-state index in [1.165, 1.54) is 0 Å². The van der Waals surface area contributed by atoms with Crippen LogP contribution in [0.15, 0.2) is 48.5 Å². The fourth-order valence-corrected chi connectivity index (χ4v) is 3.94. The zero-order valence-corrected chi connectivity index (χ0v) is 19.9. The summed E-state index contributed by atoms with van der Waals surface area (Å²) in [6.45, 7) is 4.59. The van der Waals surface area contributed by atoms with Crippen LogP contribution in [0.3, 0.4) is 0 Å². The van der Waals surface area contributed by atoms with Crippen LogP contribution in [0, 0.1) is 0 Å². The molecular weight excluding hydrogens is 436 g/mol. The van der Waals surface area contributed by atoms with E-state index in [0.29, 0.717) is 37.2 Å². The van der Waals surface area contributed by atoms with Crippen molar-refractivity contribution < 1.29 is 18.7 Å². The van der Waals surface area contributed by atoms with Crippen molar-refractivity contribution in [2.45, 2.75) is 77.7 Å². The summed E-state index contributed by atoms with van der Waals surface area (Å²) in [4.78, 5) is 15.8. The fraction of sp³-hybridized carbons (Fsp3) is 0.444. The lowest BCUT2D eigenvalue weighted by Crippen LogP contribution is -2.16. The summed E-state index contributed by atoms with van der Waals surface area (Å²) in [5, 5.41) is 13.7. The molecule has 0 amide bonds. The summed E-state index contributed by atoms with van der Waals surface area (Å²) >= 11 is 0. The van der Waals surface area contributed by atoms with Gasteiger partial charge in [0.2, 0.25) is 5.82 Å². The van der Waals surface area contributed by atoms with Gasteiger partial charge < -0.3 is 5.11 Å². The Labute approximate surface area is 199 Å². The molecule has 0 saturated carbocycles. The number of carbonyl (C=O) groups is 1. The number of carboxylic acid groups (broad SMARTS) is 1.